The van der Waals surface area contributed by atoms with Gasteiger partial charge in [-0.05, 0) is 30.7 Å². The molecule has 1 aliphatic heterocycles. The molecule has 1 amide bonds. The summed E-state index contributed by atoms with van der Waals surface area (Å²) in [6, 6.07) is 12.8. The van der Waals surface area contributed by atoms with E-state index in [1.165, 1.54) is 0 Å². The molecule has 1 atom stereocenters. The highest BCUT2D eigenvalue weighted by Gasteiger charge is 2.19. The normalized spacial score (nSPS) is 13.9. The number of benzene rings is 2. The van der Waals surface area contributed by atoms with E-state index < -0.39 is 0 Å². The first-order chi connectivity index (χ1) is 11.7. The molecule has 2 aromatic carbocycles. The molecular formula is C19H21NO4. The minimum Gasteiger partial charge on any atom is -0.496 e. The lowest BCUT2D eigenvalue weighted by Crippen LogP contribution is -2.28. The Hall–Kier alpha value is -2.69. The molecule has 0 fully saturated rings. The Balaban J connectivity index is 1.80. The largest absolute Gasteiger partial charge is 0.496 e. The van der Waals surface area contributed by atoms with Crippen LogP contribution in [0.5, 0.6) is 17.2 Å². The lowest BCUT2D eigenvalue weighted by atomic mass is 10.0. The molecule has 126 valence electrons. The van der Waals surface area contributed by atoms with Crippen LogP contribution >= 0.6 is 0 Å². The Kier molecular flexibility index (Phi) is 4.89. The summed E-state index contributed by atoms with van der Waals surface area (Å²) in [5.74, 6) is 1.91. The van der Waals surface area contributed by atoms with Crippen molar-refractivity contribution in [2.75, 3.05) is 20.3 Å². The fraction of sp³-hybridized carbons (Fsp3) is 0.316. The summed E-state index contributed by atoms with van der Waals surface area (Å²) >= 11 is 0. The third kappa shape index (κ3) is 3.30. The zero-order valence-corrected chi connectivity index (χ0v) is 13.9. The van der Waals surface area contributed by atoms with Crippen LogP contribution in [0.15, 0.2) is 42.5 Å². The number of hydrogen-bond donors (Lipinski definition) is 1. The Labute approximate surface area is 141 Å². The van der Waals surface area contributed by atoms with E-state index in [0.717, 1.165) is 17.7 Å². The first-order valence-corrected chi connectivity index (χ1v) is 8.06. The van der Waals surface area contributed by atoms with Crippen LogP contribution in [0.2, 0.25) is 0 Å². The lowest BCUT2D eigenvalue weighted by Gasteiger charge is -2.21. The van der Waals surface area contributed by atoms with E-state index in [1.54, 1.807) is 25.3 Å². The van der Waals surface area contributed by atoms with E-state index in [9.17, 15) is 4.79 Å². The van der Waals surface area contributed by atoms with Gasteiger partial charge >= 0.3 is 0 Å². The number of para-hydroxylation sites is 1. The lowest BCUT2D eigenvalue weighted by molar-refractivity contribution is 0.0934. The number of carbonyl (C=O) groups is 1. The molecule has 1 heterocycles. The molecule has 3 rings (SSSR count). The maximum absolute atomic E-state index is 12.6. The molecule has 5 nitrogen and oxygen atoms in total. The molecule has 1 aliphatic rings. The van der Waals surface area contributed by atoms with Gasteiger partial charge in [-0.3, -0.25) is 4.79 Å². The van der Waals surface area contributed by atoms with Gasteiger partial charge in [0.2, 0.25) is 0 Å². The van der Waals surface area contributed by atoms with Crippen molar-refractivity contribution in [3.8, 4) is 17.2 Å². The number of fused-ring (bicyclic) bond motifs is 1. The minimum atomic E-state index is -0.148. The number of rotatable bonds is 5. The first kappa shape index (κ1) is 16.2. The fourth-order valence-corrected chi connectivity index (χ4v) is 2.78. The quantitative estimate of drug-likeness (QED) is 0.915. The van der Waals surface area contributed by atoms with E-state index in [1.807, 2.05) is 31.2 Å². The summed E-state index contributed by atoms with van der Waals surface area (Å²) in [5, 5.41) is 3.07. The van der Waals surface area contributed by atoms with Crippen LogP contribution < -0.4 is 19.5 Å². The Morgan fingerprint density at radius 1 is 1.17 bits per heavy atom. The second-order valence-corrected chi connectivity index (χ2v) is 5.53. The third-order valence-electron chi connectivity index (χ3n) is 4.03. The van der Waals surface area contributed by atoms with Crippen molar-refractivity contribution >= 4 is 5.91 Å². The maximum Gasteiger partial charge on any atom is 0.251 e. The molecule has 24 heavy (non-hydrogen) atoms. The standard InChI is InChI=1S/C19H21NO4/c1-3-15(14-6-4-5-7-16(14)22-2)20-19(21)13-8-9-17-18(12-13)24-11-10-23-17/h4-9,12,15H,3,10-11H2,1-2H3,(H,20,21). The highest BCUT2D eigenvalue weighted by molar-refractivity contribution is 5.95. The number of nitrogens with one attached hydrogen (secondary N) is 1. The summed E-state index contributed by atoms with van der Waals surface area (Å²) in [7, 11) is 1.63. The smallest absolute Gasteiger partial charge is 0.251 e. The monoisotopic (exact) mass is 327 g/mol. The van der Waals surface area contributed by atoms with Crippen molar-refractivity contribution in [1.82, 2.24) is 5.32 Å². The van der Waals surface area contributed by atoms with Crippen LogP contribution in [-0.4, -0.2) is 26.2 Å². The first-order valence-electron chi connectivity index (χ1n) is 8.06. The topological polar surface area (TPSA) is 56.8 Å². The van der Waals surface area contributed by atoms with Crippen molar-refractivity contribution in [1.29, 1.82) is 0 Å². The van der Waals surface area contributed by atoms with Gasteiger partial charge in [0.1, 0.15) is 19.0 Å². The van der Waals surface area contributed by atoms with Gasteiger partial charge in [-0.15, -0.1) is 0 Å². The Morgan fingerprint density at radius 2 is 1.92 bits per heavy atom. The average Bonchev–Trinajstić information content (AvgIpc) is 2.65. The summed E-state index contributed by atoms with van der Waals surface area (Å²) < 4.78 is 16.4. The molecule has 2 aromatic rings. The van der Waals surface area contributed by atoms with Crippen LogP contribution in [0.3, 0.4) is 0 Å². The second kappa shape index (κ2) is 7.25. The summed E-state index contributed by atoms with van der Waals surface area (Å²) in [5.41, 5.74) is 1.51. The minimum absolute atomic E-state index is 0.123. The van der Waals surface area contributed by atoms with Gasteiger partial charge in [-0.25, -0.2) is 0 Å². The molecule has 0 radical (unpaired) electrons. The molecule has 0 spiro atoms. The molecule has 0 saturated heterocycles. The molecule has 1 unspecified atom stereocenters. The van der Waals surface area contributed by atoms with E-state index in [4.69, 9.17) is 14.2 Å². The van der Waals surface area contributed by atoms with Crippen LogP contribution in [-0.2, 0) is 0 Å². The van der Waals surface area contributed by atoms with E-state index in [2.05, 4.69) is 5.32 Å². The molecule has 5 heteroatoms. The zero-order chi connectivity index (χ0) is 16.9. The van der Waals surface area contributed by atoms with Crippen molar-refractivity contribution in [2.24, 2.45) is 0 Å². The fourth-order valence-electron chi connectivity index (χ4n) is 2.78. The SMILES string of the molecule is CCC(NC(=O)c1ccc2c(c1)OCCO2)c1ccccc1OC. The van der Waals surface area contributed by atoms with Crippen LogP contribution in [0, 0.1) is 0 Å². The van der Waals surface area contributed by atoms with Crippen molar-refractivity contribution in [2.45, 2.75) is 19.4 Å². The van der Waals surface area contributed by atoms with Crippen LogP contribution in [0.4, 0.5) is 0 Å². The van der Waals surface area contributed by atoms with Gasteiger partial charge in [-0.2, -0.15) is 0 Å². The zero-order valence-electron chi connectivity index (χ0n) is 13.9. The van der Waals surface area contributed by atoms with Gasteiger partial charge in [0.25, 0.3) is 5.91 Å². The predicted molar refractivity (Wildman–Crippen MR) is 90.9 cm³/mol. The van der Waals surface area contributed by atoms with Gasteiger partial charge < -0.3 is 19.5 Å². The van der Waals surface area contributed by atoms with Gasteiger partial charge in [0.05, 0.1) is 13.2 Å². The van der Waals surface area contributed by atoms with E-state index in [-0.39, 0.29) is 11.9 Å². The van der Waals surface area contributed by atoms with Gasteiger partial charge in [0.15, 0.2) is 11.5 Å². The van der Waals surface area contributed by atoms with Crippen molar-refractivity contribution in [3.63, 3.8) is 0 Å². The van der Waals surface area contributed by atoms with Gasteiger partial charge in [-0.1, -0.05) is 25.1 Å². The molecule has 0 saturated carbocycles. The van der Waals surface area contributed by atoms with Gasteiger partial charge in [0, 0.05) is 11.1 Å². The van der Waals surface area contributed by atoms with E-state index >= 15 is 0 Å². The van der Waals surface area contributed by atoms with Crippen molar-refractivity contribution < 1.29 is 19.0 Å². The Bertz CT molecular complexity index is 729. The molecule has 0 aliphatic carbocycles. The third-order valence-corrected chi connectivity index (χ3v) is 4.03. The number of ether oxygens (including phenoxy) is 3. The van der Waals surface area contributed by atoms with Crippen molar-refractivity contribution in [3.05, 3.63) is 53.6 Å². The highest BCUT2D eigenvalue weighted by atomic mass is 16.6. The molecule has 0 aromatic heterocycles. The number of carbonyl (C=O) groups excluding carboxylic acids is 1. The number of methoxy groups -OCH3 is 1. The maximum atomic E-state index is 12.6. The summed E-state index contributed by atoms with van der Waals surface area (Å²) in [6.07, 6.45) is 0.761. The van der Waals surface area contributed by atoms with Crippen LogP contribution in [0.25, 0.3) is 0 Å². The molecule has 1 N–H and O–H groups in total. The molecule has 0 bridgehead atoms. The number of hydrogen-bond acceptors (Lipinski definition) is 4. The molecular weight excluding hydrogens is 306 g/mol. The predicted octanol–water partition coefficient (Wildman–Crippen LogP) is 3.35. The summed E-state index contributed by atoms with van der Waals surface area (Å²) in [4.78, 5) is 12.6. The Morgan fingerprint density at radius 3 is 2.67 bits per heavy atom. The average molecular weight is 327 g/mol. The highest BCUT2D eigenvalue weighted by Crippen LogP contribution is 2.31. The summed E-state index contributed by atoms with van der Waals surface area (Å²) in [6.45, 7) is 3.06. The number of amides is 1. The second-order valence-electron chi connectivity index (χ2n) is 5.53. The van der Waals surface area contributed by atoms with E-state index in [0.29, 0.717) is 30.3 Å². The van der Waals surface area contributed by atoms with Crippen LogP contribution in [0.1, 0.15) is 35.3 Å².